The van der Waals surface area contributed by atoms with Gasteiger partial charge in [0.05, 0.1) is 0 Å². The second-order valence-corrected chi connectivity index (χ2v) is 4.54. The SMILES string of the molecule is CC(=O)N[C@@H](C(=O)Nc1ccc(F)c(F)c1)C(C)C. The number of rotatable bonds is 4. The molecule has 4 nitrogen and oxygen atoms in total. The summed E-state index contributed by atoms with van der Waals surface area (Å²) in [5.74, 6) is -2.97. The van der Waals surface area contributed by atoms with Gasteiger partial charge in [-0.05, 0) is 18.1 Å². The standard InChI is InChI=1S/C13H16F2N2O2/c1-7(2)12(16-8(3)18)13(19)17-9-4-5-10(14)11(15)6-9/h4-7,12H,1-3H3,(H,16,18)(H,17,19)/t12-/m1/s1. The van der Waals surface area contributed by atoms with Gasteiger partial charge in [-0.25, -0.2) is 8.78 Å². The van der Waals surface area contributed by atoms with Gasteiger partial charge in [0.25, 0.3) is 0 Å². The van der Waals surface area contributed by atoms with Gasteiger partial charge >= 0.3 is 0 Å². The van der Waals surface area contributed by atoms with Gasteiger partial charge in [-0.2, -0.15) is 0 Å². The predicted octanol–water partition coefficient (Wildman–Crippen LogP) is 2.06. The summed E-state index contributed by atoms with van der Waals surface area (Å²) in [7, 11) is 0. The summed E-state index contributed by atoms with van der Waals surface area (Å²) in [6.45, 7) is 4.84. The summed E-state index contributed by atoms with van der Waals surface area (Å²) in [6, 6.07) is 2.33. The van der Waals surface area contributed by atoms with Crippen LogP contribution in [0.3, 0.4) is 0 Å². The first-order valence-corrected chi connectivity index (χ1v) is 5.84. The summed E-state index contributed by atoms with van der Waals surface area (Å²) in [5.41, 5.74) is 0.139. The smallest absolute Gasteiger partial charge is 0.247 e. The number of anilines is 1. The van der Waals surface area contributed by atoms with Gasteiger partial charge in [0.2, 0.25) is 11.8 Å². The fourth-order valence-electron chi connectivity index (χ4n) is 1.55. The lowest BCUT2D eigenvalue weighted by atomic mass is 10.0. The summed E-state index contributed by atoms with van der Waals surface area (Å²) in [6.07, 6.45) is 0. The molecule has 0 aliphatic carbocycles. The number of nitrogens with one attached hydrogen (secondary N) is 2. The molecule has 1 atom stereocenters. The molecular weight excluding hydrogens is 254 g/mol. The van der Waals surface area contributed by atoms with Crippen molar-refractivity contribution in [3.63, 3.8) is 0 Å². The molecule has 19 heavy (non-hydrogen) atoms. The van der Waals surface area contributed by atoms with Crippen molar-refractivity contribution in [2.75, 3.05) is 5.32 Å². The number of halogens is 2. The molecule has 6 heteroatoms. The van der Waals surface area contributed by atoms with Crippen molar-refractivity contribution in [2.45, 2.75) is 26.8 Å². The Morgan fingerprint density at radius 3 is 2.26 bits per heavy atom. The summed E-state index contributed by atoms with van der Waals surface area (Å²) < 4.78 is 25.8. The Hall–Kier alpha value is -1.98. The van der Waals surface area contributed by atoms with Crippen LogP contribution in [0.4, 0.5) is 14.5 Å². The number of hydrogen-bond donors (Lipinski definition) is 2. The fraction of sp³-hybridized carbons (Fsp3) is 0.385. The van der Waals surface area contributed by atoms with Gasteiger partial charge in [-0.15, -0.1) is 0 Å². The van der Waals surface area contributed by atoms with Gasteiger partial charge in [0.1, 0.15) is 6.04 Å². The molecule has 0 saturated carbocycles. The predicted molar refractivity (Wildman–Crippen MR) is 67.4 cm³/mol. The van der Waals surface area contributed by atoms with Crippen LogP contribution in [0.25, 0.3) is 0 Å². The maximum atomic E-state index is 13.0. The number of amides is 2. The molecule has 2 N–H and O–H groups in total. The number of benzene rings is 1. The maximum Gasteiger partial charge on any atom is 0.247 e. The molecule has 1 aromatic rings. The lowest BCUT2D eigenvalue weighted by molar-refractivity contribution is -0.126. The second kappa shape index (κ2) is 6.26. The topological polar surface area (TPSA) is 58.2 Å². The van der Waals surface area contributed by atoms with Crippen LogP contribution in [-0.2, 0) is 9.59 Å². The Bertz CT molecular complexity index is 490. The van der Waals surface area contributed by atoms with Crippen LogP contribution in [0, 0.1) is 17.6 Å². The number of carbonyl (C=O) groups is 2. The van der Waals surface area contributed by atoms with Gasteiger partial charge < -0.3 is 10.6 Å². The van der Waals surface area contributed by atoms with Crippen molar-refractivity contribution in [1.29, 1.82) is 0 Å². The van der Waals surface area contributed by atoms with E-state index in [0.717, 1.165) is 12.1 Å². The zero-order chi connectivity index (χ0) is 14.6. The highest BCUT2D eigenvalue weighted by molar-refractivity contribution is 5.97. The van der Waals surface area contributed by atoms with E-state index in [1.807, 2.05) is 0 Å². The summed E-state index contributed by atoms with van der Waals surface area (Å²) in [5, 5.41) is 4.94. The van der Waals surface area contributed by atoms with Gasteiger partial charge in [0.15, 0.2) is 11.6 Å². The third-order valence-corrected chi connectivity index (χ3v) is 2.50. The van der Waals surface area contributed by atoms with Crippen molar-refractivity contribution in [1.82, 2.24) is 5.32 Å². The third-order valence-electron chi connectivity index (χ3n) is 2.50. The Labute approximate surface area is 110 Å². The number of carbonyl (C=O) groups excluding carboxylic acids is 2. The minimum Gasteiger partial charge on any atom is -0.344 e. The van der Waals surface area contributed by atoms with E-state index >= 15 is 0 Å². The average molecular weight is 270 g/mol. The monoisotopic (exact) mass is 270 g/mol. The normalized spacial score (nSPS) is 12.1. The molecule has 0 saturated heterocycles. The fourth-order valence-corrected chi connectivity index (χ4v) is 1.55. The van der Waals surface area contributed by atoms with Crippen molar-refractivity contribution in [3.8, 4) is 0 Å². The Morgan fingerprint density at radius 2 is 1.79 bits per heavy atom. The largest absolute Gasteiger partial charge is 0.344 e. The van der Waals surface area contributed by atoms with Crippen LogP contribution in [0.15, 0.2) is 18.2 Å². The van der Waals surface area contributed by atoms with E-state index in [-0.39, 0.29) is 17.5 Å². The molecule has 0 aromatic heterocycles. The molecule has 0 aliphatic rings. The minimum absolute atomic E-state index is 0.130. The highest BCUT2D eigenvalue weighted by Crippen LogP contribution is 2.14. The first-order valence-electron chi connectivity index (χ1n) is 5.84. The first-order chi connectivity index (χ1) is 8.81. The molecule has 0 radical (unpaired) electrons. The molecule has 0 fully saturated rings. The van der Waals surface area contributed by atoms with E-state index < -0.39 is 23.6 Å². The van der Waals surface area contributed by atoms with Gasteiger partial charge in [-0.3, -0.25) is 9.59 Å². The van der Waals surface area contributed by atoms with Crippen molar-refractivity contribution >= 4 is 17.5 Å². The van der Waals surface area contributed by atoms with E-state index in [9.17, 15) is 18.4 Å². The molecular formula is C13H16F2N2O2. The third kappa shape index (κ3) is 4.31. The summed E-state index contributed by atoms with van der Waals surface area (Å²) >= 11 is 0. The van der Waals surface area contributed by atoms with E-state index in [1.165, 1.54) is 13.0 Å². The van der Waals surface area contributed by atoms with Crippen LogP contribution in [0.1, 0.15) is 20.8 Å². The second-order valence-electron chi connectivity index (χ2n) is 4.54. The highest BCUT2D eigenvalue weighted by atomic mass is 19.2. The molecule has 104 valence electrons. The first kappa shape index (κ1) is 15.1. The van der Waals surface area contributed by atoms with Crippen LogP contribution >= 0.6 is 0 Å². The van der Waals surface area contributed by atoms with Crippen LogP contribution in [0.2, 0.25) is 0 Å². The van der Waals surface area contributed by atoms with Gasteiger partial charge in [-0.1, -0.05) is 13.8 Å². The molecule has 2 amide bonds. The lowest BCUT2D eigenvalue weighted by Gasteiger charge is -2.20. The molecule has 0 unspecified atom stereocenters. The van der Waals surface area contributed by atoms with Crippen LogP contribution < -0.4 is 10.6 Å². The maximum absolute atomic E-state index is 13.0. The molecule has 0 bridgehead atoms. The van der Waals surface area contributed by atoms with Crippen molar-refractivity contribution < 1.29 is 18.4 Å². The number of hydrogen-bond acceptors (Lipinski definition) is 2. The Morgan fingerprint density at radius 1 is 1.16 bits per heavy atom. The highest BCUT2D eigenvalue weighted by Gasteiger charge is 2.23. The average Bonchev–Trinajstić information content (AvgIpc) is 2.30. The quantitative estimate of drug-likeness (QED) is 0.880. The van der Waals surface area contributed by atoms with E-state index in [2.05, 4.69) is 10.6 Å². The van der Waals surface area contributed by atoms with Crippen molar-refractivity contribution in [3.05, 3.63) is 29.8 Å². The van der Waals surface area contributed by atoms with Crippen LogP contribution in [-0.4, -0.2) is 17.9 Å². The lowest BCUT2D eigenvalue weighted by Crippen LogP contribution is -2.46. The Kier molecular flexibility index (Phi) is 4.97. The van der Waals surface area contributed by atoms with Crippen LogP contribution in [0.5, 0.6) is 0 Å². The zero-order valence-corrected chi connectivity index (χ0v) is 11.0. The molecule has 0 aliphatic heterocycles. The molecule has 0 heterocycles. The van der Waals surface area contributed by atoms with E-state index in [1.54, 1.807) is 13.8 Å². The summed E-state index contributed by atoms with van der Waals surface area (Å²) in [4.78, 5) is 23.0. The van der Waals surface area contributed by atoms with E-state index in [0.29, 0.717) is 0 Å². The van der Waals surface area contributed by atoms with Crippen molar-refractivity contribution in [2.24, 2.45) is 5.92 Å². The molecule has 1 aromatic carbocycles. The minimum atomic E-state index is -1.04. The molecule has 0 spiro atoms. The van der Waals surface area contributed by atoms with E-state index in [4.69, 9.17) is 0 Å². The molecule has 1 rings (SSSR count). The Balaban J connectivity index is 2.81. The zero-order valence-electron chi connectivity index (χ0n) is 11.0. The van der Waals surface area contributed by atoms with Gasteiger partial charge in [0, 0.05) is 18.7 Å².